The molecule has 0 fully saturated rings. The van der Waals surface area contributed by atoms with Gasteiger partial charge in [0.05, 0.1) is 18.6 Å². The number of thioether (sulfide) groups is 1. The summed E-state index contributed by atoms with van der Waals surface area (Å²) < 4.78 is 10.2. The van der Waals surface area contributed by atoms with Crippen molar-refractivity contribution in [3.05, 3.63) is 18.2 Å². The van der Waals surface area contributed by atoms with Crippen molar-refractivity contribution in [3.63, 3.8) is 0 Å². The van der Waals surface area contributed by atoms with E-state index >= 15 is 0 Å². The number of carbonyl (C=O) groups excluding carboxylic acids is 1. The lowest BCUT2D eigenvalue weighted by molar-refractivity contribution is -0.121. The van der Waals surface area contributed by atoms with Crippen LogP contribution < -0.4 is 21.7 Å². The van der Waals surface area contributed by atoms with Gasteiger partial charge in [0.15, 0.2) is 0 Å². The highest BCUT2D eigenvalue weighted by atomic mass is 32.2. The number of hydrazine groups is 1. The number of nitrogens with one attached hydrogen (secondary N) is 1. The number of hydrogen-bond acceptors (Lipinski definition) is 6. The molecule has 18 heavy (non-hydrogen) atoms. The minimum Gasteiger partial charge on any atom is -0.496 e. The minimum atomic E-state index is -0.447. The zero-order valence-corrected chi connectivity index (χ0v) is 11.1. The maximum absolute atomic E-state index is 11.6. The molecule has 0 spiro atoms. The number of anilines is 1. The van der Waals surface area contributed by atoms with Crippen LogP contribution in [0.15, 0.2) is 23.1 Å². The first-order chi connectivity index (χ1) is 8.62. The van der Waals surface area contributed by atoms with Crippen molar-refractivity contribution in [1.29, 1.82) is 0 Å². The van der Waals surface area contributed by atoms with Crippen molar-refractivity contribution in [2.45, 2.75) is 10.1 Å². The topological polar surface area (TPSA) is 99.6 Å². The maximum atomic E-state index is 11.6. The predicted molar refractivity (Wildman–Crippen MR) is 71.3 cm³/mol. The Hall–Kier alpha value is -1.44. The SMILES string of the molecule is COCC(Sc1ccc(N)cc1OC)C(=O)NN. The molecule has 1 unspecified atom stereocenters. The summed E-state index contributed by atoms with van der Waals surface area (Å²) in [6, 6.07) is 5.24. The Balaban J connectivity index is 2.89. The van der Waals surface area contributed by atoms with Gasteiger partial charge >= 0.3 is 0 Å². The number of benzene rings is 1. The molecule has 0 bridgehead atoms. The average Bonchev–Trinajstić information content (AvgIpc) is 2.39. The molecule has 1 aromatic rings. The summed E-state index contributed by atoms with van der Waals surface area (Å²) in [6.07, 6.45) is 0. The second-order valence-electron chi connectivity index (χ2n) is 3.48. The number of amides is 1. The van der Waals surface area contributed by atoms with Gasteiger partial charge in [0.2, 0.25) is 5.91 Å². The Labute approximate surface area is 110 Å². The molecule has 100 valence electrons. The van der Waals surface area contributed by atoms with Crippen LogP contribution in [0.2, 0.25) is 0 Å². The number of nitrogens with two attached hydrogens (primary N) is 2. The highest BCUT2D eigenvalue weighted by molar-refractivity contribution is 8.00. The lowest BCUT2D eigenvalue weighted by Crippen LogP contribution is -2.39. The summed E-state index contributed by atoms with van der Waals surface area (Å²) in [7, 11) is 3.07. The van der Waals surface area contributed by atoms with E-state index in [2.05, 4.69) is 5.43 Å². The van der Waals surface area contributed by atoms with Crippen molar-refractivity contribution < 1.29 is 14.3 Å². The molecular weight excluding hydrogens is 254 g/mol. The van der Waals surface area contributed by atoms with Crippen LogP contribution in [0.3, 0.4) is 0 Å². The van der Waals surface area contributed by atoms with Gasteiger partial charge in [-0.05, 0) is 12.1 Å². The highest BCUT2D eigenvalue weighted by Crippen LogP contribution is 2.33. The van der Waals surface area contributed by atoms with Crippen molar-refractivity contribution in [2.75, 3.05) is 26.6 Å². The summed E-state index contributed by atoms with van der Waals surface area (Å²) >= 11 is 1.31. The highest BCUT2D eigenvalue weighted by Gasteiger charge is 2.20. The fourth-order valence-corrected chi connectivity index (χ4v) is 2.43. The average molecular weight is 271 g/mol. The summed E-state index contributed by atoms with van der Waals surface area (Å²) in [5.74, 6) is 5.44. The zero-order chi connectivity index (χ0) is 13.5. The summed E-state index contributed by atoms with van der Waals surface area (Å²) in [5.41, 5.74) is 8.38. The molecule has 1 aromatic carbocycles. The molecule has 0 aliphatic heterocycles. The first-order valence-electron chi connectivity index (χ1n) is 5.22. The van der Waals surface area contributed by atoms with E-state index in [1.54, 1.807) is 25.3 Å². The third-order valence-corrected chi connectivity index (χ3v) is 3.44. The monoisotopic (exact) mass is 271 g/mol. The molecule has 0 aliphatic rings. The Morgan fingerprint density at radius 1 is 1.50 bits per heavy atom. The molecule has 7 heteroatoms. The van der Waals surface area contributed by atoms with Gasteiger partial charge in [-0.15, -0.1) is 11.8 Å². The Bertz CT molecular complexity index is 415. The Kier molecular flexibility index (Phi) is 5.76. The third kappa shape index (κ3) is 3.80. The standard InChI is InChI=1S/C11H17N3O3S/c1-16-6-10(11(15)14-13)18-9-4-3-7(12)5-8(9)17-2/h3-5,10H,6,12-13H2,1-2H3,(H,14,15). The molecule has 1 amide bonds. The summed E-state index contributed by atoms with van der Waals surface area (Å²) in [5, 5.41) is -0.447. The van der Waals surface area contributed by atoms with Gasteiger partial charge in [0.1, 0.15) is 11.0 Å². The molecule has 0 aliphatic carbocycles. The molecular formula is C11H17N3O3S. The van der Waals surface area contributed by atoms with E-state index in [9.17, 15) is 4.79 Å². The fourth-order valence-electron chi connectivity index (χ4n) is 1.34. The molecule has 6 nitrogen and oxygen atoms in total. The van der Waals surface area contributed by atoms with Gasteiger partial charge in [-0.1, -0.05) is 0 Å². The molecule has 0 heterocycles. The summed E-state index contributed by atoms with van der Waals surface area (Å²) in [6.45, 7) is 0.251. The number of ether oxygens (including phenoxy) is 2. The minimum absolute atomic E-state index is 0.251. The van der Waals surface area contributed by atoms with E-state index in [4.69, 9.17) is 21.1 Å². The van der Waals surface area contributed by atoms with Crippen LogP contribution in [-0.4, -0.2) is 32.0 Å². The molecule has 0 aromatic heterocycles. The van der Waals surface area contributed by atoms with Crippen LogP contribution >= 0.6 is 11.8 Å². The van der Waals surface area contributed by atoms with Crippen molar-refractivity contribution in [2.24, 2.45) is 5.84 Å². The smallest absolute Gasteiger partial charge is 0.249 e. The zero-order valence-electron chi connectivity index (χ0n) is 10.3. The quantitative estimate of drug-likeness (QED) is 0.227. The second kappa shape index (κ2) is 7.10. The van der Waals surface area contributed by atoms with Crippen molar-refractivity contribution in [3.8, 4) is 5.75 Å². The van der Waals surface area contributed by atoms with Gasteiger partial charge in [-0.25, -0.2) is 5.84 Å². The second-order valence-corrected chi connectivity index (χ2v) is 4.73. The molecule has 0 radical (unpaired) electrons. The molecule has 0 saturated heterocycles. The van der Waals surface area contributed by atoms with Crippen LogP contribution in [0, 0.1) is 0 Å². The lowest BCUT2D eigenvalue weighted by Gasteiger charge is -2.16. The van der Waals surface area contributed by atoms with Crippen LogP contribution in [0.5, 0.6) is 5.75 Å². The summed E-state index contributed by atoms with van der Waals surface area (Å²) in [4.78, 5) is 12.4. The molecule has 0 saturated carbocycles. The number of rotatable bonds is 6. The predicted octanol–water partition coefficient (Wildman–Crippen LogP) is 0.374. The van der Waals surface area contributed by atoms with Gasteiger partial charge in [0.25, 0.3) is 0 Å². The fraction of sp³-hybridized carbons (Fsp3) is 0.364. The molecule has 1 rings (SSSR count). The first-order valence-corrected chi connectivity index (χ1v) is 6.10. The normalized spacial score (nSPS) is 11.9. The third-order valence-electron chi connectivity index (χ3n) is 2.21. The van der Waals surface area contributed by atoms with Gasteiger partial charge in [-0.3, -0.25) is 10.2 Å². The van der Waals surface area contributed by atoms with E-state index in [-0.39, 0.29) is 12.5 Å². The van der Waals surface area contributed by atoms with Crippen molar-refractivity contribution in [1.82, 2.24) is 5.43 Å². The van der Waals surface area contributed by atoms with Crippen LogP contribution in [0.1, 0.15) is 0 Å². The molecule has 1 atom stereocenters. The van der Waals surface area contributed by atoms with Crippen LogP contribution in [-0.2, 0) is 9.53 Å². The van der Waals surface area contributed by atoms with E-state index in [0.717, 1.165) is 4.90 Å². The maximum Gasteiger partial charge on any atom is 0.249 e. The van der Waals surface area contributed by atoms with Gasteiger partial charge in [0, 0.05) is 18.9 Å². The van der Waals surface area contributed by atoms with E-state index in [1.165, 1.54) is 18.9 Å². The van der Waals surface area contributed by atoms with E-state index in [1.807, 2.05) is 0 Å². The Morgan fingerprint density at radius 3 is 2.78 bits per heavy atom. The Morgan fingerprint density at radius 2 is 2.22 bits per heavy atom. The van der Waals surface area contributed by atoms with Crippen molar-refractivity contribution >= 4 is 23.4 Å². The number of carbonyl (C=O) groups is 1. The van der Waals surface area contributed by atoms with Gasteiger partial charge in [-0.2, -0.15) is 0 Å². The lowest BCUT2D eigenvalue weighted by atomic mass is 10.3. The molecule has 5 N–H and O–H groups in total. The van der Waals surface area contributed by atoms with Crippen LogP contribution in [0.4, 0.5) is 5.69 Å². The van der Waals surface area contributed by atoms with E-state index < -0.39 is 5.25 Å². The largest absolute Gasteiger partial charge is 0.496 e. The number of nitrogen functional groups attached to an aromatic ring is 1. The number of methoxy groups -OCH3 is 2. The first kappa shape index (κ1) is 14.6. The van der Waals surface area contributed by atoms with E-state index in [0.29, 0.717) is 11.4 Å². The number of hydrogen-bond donors (Lipinski definition) is 3. The van der Waals surface area contributed by atoms with Crippen LogP contribution in [0.25, 0.3) is 0 Å². The van der Waals surface area contributed by atoms with Gasteiger partial charge < -0.3 is 15.2 Å².